The minimum Gasteiger partial charge on any atom is -0.481 e. The molecule has 0 saturated carbocycles. The Kier molecular flexibility index (Phi) is 5.46. The average molecular weight is 447 g/mol. The number of imide groups is 1. The van der Waals surface area contributed by atoms with Crippen LogP contribution in [0.15, 0.2) is 48.5 Å². The molecule has 5 rings (SSSR count). The number of fused-ring (bicyclic) bond motifs is 2. The second kappa shape index (κ2) is 8.44. The monoisotopic (exact) mass is 447 g/mol. The summed E-state index contributed by atoms with van der Waals surface area (Å²) < 4.78 is 0. The molecule has 3 atom stereocenters. The van der Waals surface area contributed by atoms with Crippen molar-refractivity contribution >= 4 is 23.7 Å². The van der Waals surface area contributed by atoms with E-state index in [1.807, 2.05) is 24.3 Å². The van der Waals surface area contributed by atoms with Crippen LogP contribution in [0.5, 0.6) is 0 Å². The minimum atomic E-state index is -0.968. The van der Waals surface area contributed by atoms with E-state index < -0.39 is 23.8 Å². The SMILES string of the molecule is O=C(O)[C@H]1CCNC[C@H]1C(=O)N1CCc2ccccc2[C@H]1CN1C(=O)c2ccccc2C1=O. The van der Waals surface area contributed by atoms with Crippen LogP contribution in [0.3, 0.4) is 0 Å². The van der Waals surface area contributed by atoms with Gasteiger partial charge in [0.1, 0.15) is 0 Å². The molecule has 0 radical (unpaired) electrons. The number of amides is 3. The van der Waals surface area contributed by atoms with E-state index in [1.54, 1.807) is 29.2 Å². The predicted molar refractivity (Wildman–Crippen MR) is 119 cm³/mol. The van der Waals surface area contributed by atoms with Gasteiger partial charge in [0.2, 0.25) is 5.91 Å². The lowest BCUT2D eigenvalue weighted by Crippen LogP contribution is -2.53. The molecule has 1 fully saturated rings. The fraction of sp³-hybridized carbons (Fsp3) is 0.360. The molecule has 2 aromatic carbocycles. The number of aliphatic carboxylic acids is 1. The van der Waals surface area contributed by atoms with Crippen molar-refractivity contribution in [1.82, 2.24) is 15.1 Å². The normalized spacial score (nSPS) is 24.4. The van der Waals surface area contributed by atoms with E-state index in [9.17, 15) is 24.3 Å². The largest absolute Gasteiger partial charge is 0.481 e. The molecule has 8 nitrogen and oxygen atoms in total. The highest BCUT2D eigenvalue weighted by molar-refractivity contribution is 6.21. The molecule has 0 unspecified atom stereocenters. The van der Waals surface area contributed by atoms with Gasteiger partial charge in [-0.3, -0.25) is 24.1 Å². The molecule has 0 bridgehead atoms. The van der Waals surface area contributed by atoms with Gasteiger partial charge < -0.3 is 15.3 Å². The third-order valence-corrected chi connectivity index (χ3v) is 7.05. The third-order valence-electron chi connectivity index (χ3n) is 7.05. The smallest absolute Gasteiger partial charge is 0.307 e. The van der Waals surface area contributed by atoms with Gasteiger partial charge in [-0.1, -0.05) is 36.4 Å². The molecule has 2 N–H and O–H groups in total. The summed E-state index contributed by atoms with van der Waals surface area (Å²) in [5, 5.41) is 12.8. The number of hydrogen-bond acceptors (Lipinski definition) is 5. The maximum absolute atomic E-state index is 13.7. The van der Waals surface area contributed by atoms with Gasteiger partial charge in [-0.25, -0.2) is 0 Å². The molecule has 3 aliphatic heterocycles. The maximum Gasteiger partial charge on any atom is 0.307 e. The summed E-state index contributed by atoms with van der Waals surface area (Å²) in [5.41, 5.74) is 2.70. The second-order valence-corrected chi connectivity index (χ2v) is 8.81. The highest BCUT2D eigenvalue weighted by Gasteiger charge is 2.44. The van der Waals surface area contributed by atoms with Gasteiger partial charge in [-0.15, -0.1) is 0 Å². The van der Waals surface area contributed by atoms with Crippen molar-refractivity contribution < 1.29 is 24.3 Å². The Morgan fingerprint density at radius 2 is 1.64 bits per heavy atom. The maximum atomic E-state index is 13.7. The van der Waals surface area contributed by atoms with Gasteiger partial charge in [0.25, 0.3) is 11.8 Å². The summed E-state index contributed by atoms with van der Waals surface area (Å²) in [6.45, 7) is 1.30. The number of nitrogens with one attached hydrogen (secondary N) is 1. The lowest BCUT2D eigenvalue weighted by molar-refractivity contribution is -0.153. The van der Waals surface area contributed by atoms with E-state index in [1.165, 1.54) is 4.90 Å². The highest BCUT2D eigenvalue weighted by Crippen LogP contribution is 2.35. The van der Waals surface area contributed by atoms with Crippen LogP contribution in [0.1, 0.15) is 44.3 Å². The molecule has 33 heavy (non-hydrogen) atoms. The molecule has 0 aromatic heterocycles. The summed E-state index contributed by atoms with van der Waals surface area (Å²) in [7, 11) is 0. The predicted octanol–water partition coefficient (Wildman–Crippen LogP) is 1.72. The topological polar surface area (TPSA) is 107 Å². The number of carbonyl (C=O) groups excluding carboxylic acids is 3. The summed E-state index contributed by atoms with van der Waals surface area (Å²) >= 11 is 0. The van der Waals surface area contributed by atoms with Crippen LogP contribution in [0.4, 0.5) is 0 Å². The lowest BCUT2D eigenvalue weighted by atomic mass is 9.83. The number of nitrogens with zero attached hydrogens (tertiary/aromatic N) is 2. The molecule has 2 aromatic rings. The fourth-order valence-electron chi connectivity index (χ4n) is 5.32. The number of carboxylic acids is 1. The van der Waals surface area contributed by atoms with Crippen molar-refractivity contribution in [1.29, 1.82) is 0 Å². The van der Waals surface area contributed by atoms with Gasteiger partial charge in [-0.05, 0) is 42.6 Å². The van der Waals surface area contributed by atoms with Crippen molar-refractivity contribution in [3.05, 3.63) is 70.8 Å². The standard InChI is InChI=1S/C25H25N3O5/c29-22-17-7-3-4-8-18(17)23(30)28(22)14-21-16-6-2-1-5-15(16)10-12-27(21)24(31)20-13-26-11-9-19(20)25(32)33/h1-8,19-21,26H,9-14H2,(H,32,33)/t19-,20+,21+/m0/s1. The summed E-state index contributed by atoms with van der Waals surface area (Å²) in [5.74, 6) is -3.39. The first-order chi connectivity index (χ1) is 16.0. The zero-order valence-corrected chi connectivity index (χ0v) is 18.1. The fourth-order valence-corrected chi connectivity index (χ4v) is 5.32. The summed E-state index contributed by atoms with van der Waals surface area (Å²) in [4.78, 5) is 54.5. The van der Waals surface area contributed by atoms with Gasteiger partial charge in [0.05, 0.1) is 35.5 Å². The number of rotatable bonds is 4. The summed E-state index contributed by atoms with van der Waals surface area (Å²) in [6.07, 6.45) is 1.03. The van der Waals surface area contributed by atoms with Gasteiger partial charge >= 0.3 is 5.97 Å². The highest BCUT2D eigenvalue weighted by atomic mass is 16.4. The zero-order chi connectivity index (χ0) is 23.1. The molecule has 170 valence electrons. The molecule has 3 heterocycles. The van der Waals surface area contributed by atoms with Crippen molar-refractivity contribution in [3.63, 3.8) is 0 Å². The number of benzene rings is 2. The zero-order valence-electron chi connectivity index (χ0n) is 18.1. The van der Waals surface area contributed by atoms with Crippen molar-refractivity contribution in [2.75, 3.05) is 26.2 Å². The Morgan fingerprint density at radius 3 is 2.33 bits per heavy atom. The van der Waals surface area contributed by atoms with Crippen LogP contribution >= 0.6 is 0 Å². The first-order valence-electron chi connectivity index (χ1n) is 11.2. The molecule has 0 spiro atoms. The molecular formula is C25H25N3O5. The van der Waals surface area contributed by atoms with E-state index in [2.05, 4.69) is 5.32 Å². The molecular weight excluding hydrogens is 422 g/mol. The third kappa shape index (κ3) is 3.60. The lowest BCUT2D eigenvalue weighted by Gasteiger charge is -2.42. The van der Waals surface area contributed by atoms with E-state index in [-0.39, 0.29) is 24.3 Å². The van der Waals surface area contributed by atoms with Crippen LogP contribution in [0.25, 0.3) is 0 Å². The van der Waals surface area contributed by atoms with E-state index >= 15 is 0 Å². The van der Waals surface area contributed by atoms with Gasteiger partial charge in [0, 0.05) is 13.1 Å². The summed E-state index contributed by atoms with van der Waals surface area (Å²) in [6, 6.07) is 13.9. The number of carbonyl (C=O) groups is 4. The van der Waals surface area contributed by atoms with Gasteiger partial charge in [0.15, 0.2) is 0 Å². The molecule has 3 amide bonds. The average Bonchev–Trinajstić information content (AvgIpc) is 3.08. The van der Waals surface area contributed by atoms with Crippen LogP contribution in [-0.4, -0.2) is 64.8 Å². The molecule has 3 aliphatic rings. The van der Waals surface area contributed by atoms with Crippen LogP contribution in [0, 0.1) is 11.8 Å². The van der Waals surface area contributed by atoms with Gasteiger partial charge in [-0.2, -0.15) is 0 Å². The Labute approximate surface area is 191 Å². The molecule has 0 aliphatic carbocycles. The second-order valence-electron chi connectivity index (χ2n) is 8.81. The number of hydrogen-bond donors (Lipinski definition) is 2. The van der Waals surface area contributed by atoms with Crippen molar-refractivity contribution in [3.8, 4) is 0 Å². The Balaban J connectivity index is 1.48. The first kappa shape index (κ1) is 21.3. The van der Waals surface area contributed by atoms with Crippen molar-refractivity contribution in [2.45, 2.75) is 18.9 Å². The number of carboxylic acid groups (broad SMARTS) is 1. The Bertz CT molecular complexity index is 1110. The minimum absolute atomic E-state index is 0.0347. The van der Waals surface area contributed by atoms with E-state index in [4.69, 9.17) is 0 Å². The van der Waals surface area contributed by atoms with Crippen LogP contribution < -0.4 is 5.32 Å². The molecule has 1 saturated heterocycles. The van der Waals surface area contributed by atoms with E-state index in [0.29, 0.717) is 43.6 Å². The van der Waals surface area contributed by atoms with Crippen LogP contribution in [-0.2, 0) is 16.0 Å². The quantitative estimate of drug-likeness (QED) is 0.692. The molecule has 8 heteroatoms. The first-order valence-corrected chi connectivity index (χ1v) is 11.2. The Morgan fingerprint density at radius 1 is 0.970 bits per heavy atom. The Hall–Kier alpha value is -3.52. The van der Waals surface area contributed by atoms with Crippen molar-refractivity contribution in [2.24, 2.45) is 11.8 Å². The van der Waals surface area contributed by atoms with E-state index in [0.717, 1.165) is 11.1 Å². The van der Waals surface area contributed by atoms with Crippen LogP contribution in [0.2, 0.25) is 0 Å². The number of piperidine rings is 1.